The van der Waals surface area contributed by atoms with Gasteiger partial charge in [0.2, 0.25) is 0 Å². The molecule has 3 rings (SSSR count). The van der Waals surface area contributed by atoms with Crippen LogP contribution in [0.4, 0.5) is 0 Å². The van der Waals surface area contributed by atoms with Crippen molar-refractivity contribution in [1.82, 2.24) is 19.9 Å². The maximum absolute atomic E-state index is 11.9. The van der Waals surface area contributed by atoms with E-state index in [-0.39, 0.29) is 11.3 Å². The largest absolute Gasteiger partial charge is 0.506 e. The zero-order valence-corrected chi connectivity index (χ0v) is 13.1. The maximum Gasteiger partial charge on any atom is 0.268 e. The molecule has 2 N–H and O–H groups in total. The van der Waals surface area contributed by atoms with Gasteiger partial charge in [0, 0.05) is 12.2 Å². The Hall–Kier alpha value is -2.25. The quantitative estimate of drug-likeness (QED) is 0.769. The van der Waals surface area contributed by atoms with Gasteiger partial charge in [-0.2, -0.15) is 0 Å². The number of H-pyrrole nitrogens is 1. The molecule has 0 fully saturated rings. The fourth-order valence-corrected chi connectivity index (χ4v) is 3.01. The van der Waals surface area contributed by atoms with E-state index in [1.165, 1.54) is 11.3 Å². The summed E-state index contributed by atoms with van der Waals surface area (Å²) in [6.45, 7) is 2.82. The van der Waals surface area contributed by atoms with E-state index in [4.69, 9.17) is 0 Å². The van der Waals surface area contributed by atoms with Crippen LogP contribution in [0.2, 0.25) is 0 Å². The summed E-state index contributed by atoms with van der Waals surface area (Å²) in [6.07, 6.45) is 0. The molecule has 6 nitrogen and oxygen atoms in total. The number of nitrogens with one attached hydrogen (secondary N) is 1. The Balaban J connectivity index is 1.79. The van der Waals surface area contributed by atoms with Crippen LogP contribution >= 0.6 is 11.3 Å². The molecule has 3 aromatic rings. The number of aromatic hydroxyl groups is 1. The highest BCUT2D eigenvalue weighted by Gasteiger charge is 2.10. The van der Waals surface area contributed by atoms with E-state index in [2.05, 4.69) is 15.0 Å². The summed E-state index contributed by atoms with van der Waals surface area (Å²) in [6, 6.07) is 5.25. The number of hydrogen-bond donors (Lipinski definition) is 2. The van der Waals surface area contributed by atoms with Gasteiger partial charge >= 0.3 is 0 Å². The average Bonchev–Trinajstić information content (AvgIpc) is 2.91. The molecule has 0 bridgehead atoms. The third-order valence-electron chi connectivity index (χ3n) is 3.29. The van der Waals surface area contributed by atoms with E-state index in [1.54, 1.807) is 12.1 Å². The fourth-order valence-electron chi connectivity index (χ4n) is 2.28. The molecule has 0 saturated carbocycles. The Morgan fingerprint density at radius 2 is 2.09 bits per heavy atom. The molecule has 114 valence electrons. The standard InChI is InChI=1S/C15H16N4O2S/c1-9-3-4-12(20)11(16-9)7-19(2)8-13-17-10-5-6-22-14(10)15(21)18-13/h3-6,20H,7-8H2,1-2H3,(H,17,18,21). The molecule has 0 aliphatic rings. The third-order valence-corrected chi connectivity index (χ3v) is 4.20. The van der Waals surface area contributed by atoms with Crippen molar-refractivity contribution in [2.75, 3.05) is 7.05 Å². The number of hydrogen-bond acceptors (Lipinski definition) is 6. The lowest BCUT2D eigenvalue weighted by Crippen LogP contribution is -2.22. The zero-order valence-electron chi connectivity index (χ0n) is 12.3. The Morgan fingerprint density at radius 3 is 2.91 bits per heavy atom. The van der Waals surface area contributed by atoms with Crippen molar-refractivity contribution in [3.05, 3.63) is 51.1 Å². The predicted octanol–water partition coefficient (Wildman–Crippen LogP) is 2.03. The molecule has 0 amide bonds. The Morgan fingerprint density at radius 1 is 1.27 bits per heavy atom. The lowest BCUT2D eigenvalue weighted by atomic mass is 10.2. The highest BCUT2D eigenvalue weighted by molar-refractivity contribution is 7.17. The van der Waals surface area contributed by atoms with E-state index in [1.807, 2.05) is 30.3 Å². The van der Waals surface area contributed by atoms with Gasteiger partial charge in [-0.05, 0) is 37.6 Å². The Bertz CT molecular complexity index is 871. The Kier molecular flexibility index (Phi) is 3.91. The van der Waals surface area contributed by atoms with E-state index in [9.17, 15) is 9.90 Å². The van der Waals surface area contributed by atoms with Crippen molar-refractivity contribution in [2.45, 2.75) is 20.0 Å². The van der Waals surface area contributed by atoms with Crippen LogP contribution in [-0.4, -0.2) is 32.0 Å². The summed E-state index contributed by atoms with van der Waals surface area (Å²) in [4.78, 5) is 25.5. The van der Waals surface area contributed by atoms with Gasteiger partial charge in [0.05, 0.1) is 17.8 Å². The number of pyridine rings is 1. The van der Waals surface area contributed by atoms with E-state index >= 15 is 0 Å². The molecule has 0 atom stereocenters. The molecule has 0 aromatic carbocycles. The minimum Gasteiger partial charge on any atom is -0.506 e. The van der Waals surface area contributed by atoms with Crippen LogP contribution in [0.25, 0.3) is 10.2 Å². The smallest absolute Gasteiger partial charge is 0.268 e. The van der Waals surface area contributed by atoms with Crippen LogP contribution in [0.3, 0.4) is 0 Å². The van der Waals surface area contributed by atoms with Gasteiger partial charge in [-0.3, -0.25) is 14.7 Å². The lowest BCUT2D eigenvalue weighted by molar-refractivity contribution is 0.300. The van der Waals surface area contributed by atoms with Crippen molar-refractivity contribution in [2.24, 2.45) is 0 Å². The minimum absolute atomic E-state index is 0.111. The van der Waals surface area contributed by atoms with Gasteiger partial charge < -0.3 is 10.1 Å². The molecule has 0 aliphatic heterocycles. The van der Waals surface area contributed by atoms with E-state index in [0.29, 0.717) is 34.8 Å². The van der Waals surface area contributed by atoms with Crippen LogP contribution in [0.15, 0.2) is 28.4 Å². The van der Waals surface area contributed by atoms with E-state index < -0.39 is 0 Å². The van der Waals surface area contributed by atoms with Crippen molar-refractivity contribution in [3.8, 4) is 5.75 Å². The second-order valence-corrected chi connectivity index (χ2v) is 6.15. The second kappa shape index (κ2) is 5.86. The average molecular weight is 316 g/mol. The zero-order chi connectivity index (χ0) is 15.7. The van der Waals surface area contributed by atoms with Crippen molar-refractivity contribution in [3.63, 3.8) is 0 Å². The number of aromatic amines is 1. The van der Waals surface area contributed by atoms with Gasteiger partial charge in [-0.25, -0.2) is 4.98 Å². The summed E-state index contributed by atoms with van der Waals surface area (Å²) in [5, 5.41) is 11.7. The summed E-state index contributed by atoms with van der Waals surface area (Å²) >= 11 is 1.38. The first-order chi connectivity index (χ1) is 10.5. The summed E-state index contributed by atoms with van der Waals surface area (Å²) in [5.41, 5.74) is 2.07. The number of fused-ring (bicyclic) bond motifs is 1. The first-order valence-electron chi connectivity index (χ1n) is 6.83. The van der Waals surface area contributed by atoms with Crippen molar-refractivity contribution in [1.29, 1.82) is 0 Å². The normalized spacial score (nSPS) is 11.4. The highest BCUT2D eigenvalue weighted by atomic mass is 32.1. The topological polar surface area (TPSA) is 82.1 Å². The molecule has 0 aliphatic carbocycles. The first kappa shape index (κ1) is 14.7. The fraction of sp³-hybridized carbons (Fsp3) is 0.267. The van der Waals surface area contributed by atoms with Gasteiger partial charge in [0.1, 0.15) is 16.3 Å². The SMILES string of the molecule is Cc1ccc(O)c(CN(C)Cc2nc3ccsc3c(=O)[nH]2)n1. The minimum atomic E-state index is -0.111. The molecule has 0 spiro atoms. The molecular formula is C15H16N4O2S. The summed E-state index contributed by atoms with van der Waals surface area (Å²) < 4.78 is 0.643. The number of rotatable bonds is 4. The molecule has 7 heteroatoms. The molecular weight excluding hydrogens is 300 g/mol. The van der Waals surface area contributed by atoms with Gasteiger partial charge in [-0.1, -0.05) is 0 Å². The molecule has 3 aromatic heterocycles. The third kappa shape index (κ3) is 3.00. The van der Waals surface area contributed by atoms with Crippen LogP contribution in [0, 0.1) is 6.92 Å². The van der Waals surface area contributed by atoms with Crippen LogP contribution < -0.4 is 5.56 Å². The first-order valence-corrected chi connectivity index (χ1v) is 7.71. The number of thiophene rings is 1. The predicted molar refractivity (Wildman–Crippen MR) is 86.1 cm³/mol. The monoisotopic (exact) mass is 316 g/mol. The van der Waals surface area contributed by atoms with Gasteiger partial charge in [-0.15, -0.1) is 11.3 Å². The number of aryl methyl sites for hydroxylation is 1. The van der Waals surface area contributed by atoms with Crippen molar-refractivity contribution >= 4 is 21.6 Å². The second-order valence-electron chi connectivity index (χ2n) is 5.24. The Labute approximate surface area is 131 Å². The molecule has 3 heterocycles. The number of nitrogens with zero attached hydrogens (tertiary/aromatic N) is 3. The van der Waals surface area contributed by atoms with E-state index in [0.717, 1.165) is 5.69 Å². The molecule has 0 saturated heterocycles. The van der Waals surface area contributed by atoms with Crippen molar-refractivity contribution < 1.29 is 5.11 Å². The molecule has 0 unspecified atom stereocenters. The summed E-state index contributed by atoms with van der Waals surface area (Å²) in [7, 11) is 1.89. The molecule has 0 radical (unpaired) electrons. The summed E-state index contributed by atoms with van der Waals surface area (Å²) in [5.74, 6) is 0.776. The maximum atomic E-state index is 11.9. The highest BCUT2D eigenvalue weighted by Crippen LogP contribution is 2.17. The number of aromatic nitrogens is 3. The van der Waals surface area contributed by atoms with Crippen LogP contribution in [0.1, 0.15) is 17.2 Å². The molecule has 22 heavy (non-hydrogen) atoms. The lowest BCUT2D eigenvalue weighted by Gasteiger charge is -2.16. The van der Waals surface area contributed by atoms with Gasteiger partial charge in [0.25, 0.3) is 5.56 Å². The van der Waals surface area contributed by atoms with Crippen LogP contribution in [0.5, 0.6) is 5.75 Å². The van der Waals surface area contributed by atoms with Crippen LogP contribution in [-0.2, 0) is 13.1 Å². The van der Waals surface area contributed by atoms with Gasteiger partial charge in [0.15, 0.2) is 0 Å².